The number of hydrogen-bond donors (Lipinski definition) is 3. The van der Waals surface area contributed by atoms with Crippen LogP contribution in [0.1, 0.15) is 25.0 Å². The lowest BCUT2D eigenvalue weighted by molar-refractivity contribution is -0.151. The first kappa shape index (κ1) is 25.0. The van der Waals surface area contributed by atoms with Gasteiger partial charge in [-0.25, -0.2) is 18.4 Å². The molecule has 0 aliphatic rings. The zero-order valence-electron chi connectivity index (χ0n) is 18.1. The summed E-state index contributed by atoms with van der Waals surface area (Å²) in [5.41, 5.74) is 1.43. The number of sulfonamides is 1. The van der Waals surface area contributed by atoms with Gasteiger partial charge in [-0.15, -0.1) is 0 Å². The molecule has 1 atom stereocenters. The molecule has 0 fully saturated rings. The Morgan fingerprint density at radius 3 is 2.28 bits per heavy atom. The molecule has 0 heterocycles. The minimum atomic E-state index is -3.95. The highest BCUT2D eigenvalue weighted by Gasteiger charge is 2.26. The Kier molecular flexibility index (Phi) is 8.50. The van der Waals surface area contributed by atoms with Gasteiger partial charge in [-0.3, -0.25) is 9.59 Å². The lowest BCUT2D eigenvalue weighted by atomic mass is 10.0. The Bertz CT molecular complexity index is 1080. The Morgan fingerprint density at radius 2 is 1.69 bits per heavy atom. The fraction of sp³-hybridized carbons (Fsp3) is 0.318. The van der Waals surface area contributed by atoms with Crippen LogP contribution in [0.2, 0.25) is 0 Å². The second-order valence-electron chi connectivity index (χ2n) is 7.63. The van der Waals surface area contributed by atoms with E-state index in [4.69, 9.17) is 9.88 Å². The van der Waals surface area contributed by atoms with Gasteiger partial charge in [0.05, 0.1) is 11.3 Å². The molecule has 0 aliphatic carbocycles. The van der Waals surface area contributed by atoms with E-state index < -0.39 is 34.5 Å². The normalized spacial score (nSPS) is 12.2. The smallest absolute Gasteiger partial charge is 0.329 e. The molecule has 32 heavy (non-hydrogen) atoms. The molecule has 0 spiro atoms. The van der Waals surface area contributed by atoms with E-state index >= 15 is 0 Å². The SMILES string of the molecule is Cc1ccc(NC(=O)COC(=O)[C@@H](NC(=O)Cc2ccccc2)C(C)C)cc1S(N)(=O)=O. The molecule has 0 aromatic heterocycles. The molecule has 9 nitrogen and oxygen atoms in total. The summed E-state index contributed by atoms with van der Waals surface area (Å²) in [5, 5.41) is 10.3. The summed E-state index contributed by atoms with van der Waals surface area (Å²) in [6, 6.07) is 12.4. The zero-order valence-corrected chi connectivity index (χ0v) is 18.9. The third-order valence-corrected chi connectivity index (χ3v) is 5.62. The predicted octanol–water partition coefficient (Wildman–Crippen LogP) is 1.51. The van der Waals surface area contributed by atoms with Crippen molar-refractivity contribution < 1.29 is 27.5 Å². The lowest BCUT2D eigenvalue weighted by Crippen LogP contribution is -2.46. The predicted molar refractivity (Wildman–Crippen MR) is 119 cm³/mol. The van der Waals surface area contributed by atoms with Crippen molar-refractivity contribution in [3.63, 3.8) is 0 Å². The molecule has 0 saturated carbocycles. The number of esters is 1. The summed E-state index contributed by atoms with van der Waals surface area (Å²) in [4.78, 5) is 36.8. The number of nitrogens with one attached hydrogen (secondary N) is 2. The van der Waals surface area contributed by atoms with Gasteiger partial charge in [-0.05, 0) is 36.1 Å². The van der Waals surface area contributed by atoms with Crippen LogP contribution in [0.3, 0.4) is 0 Å². The highest BCUT2D eigenvalue weighted by Crippen LogP contribution is 2.19. The van der Waals surface area contributed by atoms with Crippen molar-refractivity contribution in [3.8, 4) is 0 Å². The van der Waals surface area contributed by atoms with Crippen LogP contribution in [0.4, 0.5) is 5.69 Å². The number of carbonyl (C=O) groups is 3. The fourth-order valence-corrected chi connectivity index (χ4v) is 3.72. The van der Waals surface area contributed by atoms with Crippen molar-refractivity contribution in [2.75, 3.05) is 11.9 Å². The van der Waals surface area contributed by atoms with Crippen molar-refractivity contribution in [3.05, 3.63) is 59.7 Å². The van der Waals surface area contributed by atoms with Gasteiger partial charge in [0.25, 0.3) is 5.91 Å². The molecule has 0 radical (unpaired) electrons. The van der Waals surface area contributed by atoms with Crippen LogP contribution in [-0.2, 0) is 35.6 Å². The molecular weight excluding hydrogens is 434 g/mol. The molecule has 2 aromatic carbocycles. The van der Waals surface area contributed by atoms with Crippen molar-refractivity contribution >= 4 is 33.5 Å². The Hall–Kier alpha value is -3.24. The third-order valence-electron chi connectivity index (χ3n) is 4.57. The van der Waals surface area contributed by atoms with Gasteiger partial charge in [0.1, 0.15) is 6.04 Å². The number of anilines is 1. The second-order valence-corrected chi connectivity index (χ2v) is 9.16. The topological polar surface area (TPSA) is 145 Å². The number of primary sulfonamides is 1. The summed E-state index contributed by atoms with van der Waals surface area (Å²) in [5.74, 6) is -2.02. The number of nitrogens with two attached hydrogens (primary N) is 1. The van der Waals surface area contributed by atoms with Crippen molar-refractivity contribution in [2.24, 2.45) is 11.1 Å². The Balaban J connectivity index is 1.94. The van der Waals surface area contributed by atoms with Crippen molar-refractivity contribution in [2.45, 2.75) is 38.1 Å². The third kappa shape index (κ3) is 7.47. The van der Waals surface area contributed by atoms with Gasteiger partial charge in [-0.2, -0.15) is 0 Å². The summed E-state index contributed by atoms with van der Waals surface area (Å²) in [7, 11) is -3.95. The maximum absolute atomic E-state index is 12.4. The molecule has 2 amide bonds. The second kappa shape index (κ2) is 10.9. The molecular formula is C22H27N3O6S. The first-order valence-corrected chi connectivity index (χ1v) is 11.4. The minimum Gasteiger partial charge on any atom is -0.454 e. The van der Waals surface area contributed by atoms with Gasteiger partial charge >= 0.3 is 5.97 Å². The van der Waals surface area contributed by atoms with Crippen LogP contribution in [0.5, 0.6) is 0 Å². The van der Waals surface area contributed by atoms with Gasteiger partial charge in [-0.1, -0.05) is 50.2 Å². The van der Waals surface area contributed by atoms with Crippen LogP contribution in [0.25, 0.3) is 0 Å². The van der Waals surface area contributed by atoms with Crippen LogP contribution in [0, 0.1) is 12.8 Å². The number of rotatable bonds is 9. The lowest BCUT2D eigenvalue weighted by Gasteiger charge is -2.21. The first-order chi connectivity index (χ1) is 15.0. The van der Waals surface area contributed by atoms with E-state index in [9.17, 15) is 22.8 Å². The Morgan fingerprint density at radius 1 is 1.03 bits per heavy atom. The number of aryl methyl sites for hydroxylation is 1. The quantitative estimate of drug-likeness (QED) is 0.483. The van der Waals surface area contributed by atoms with E-state index in [1.807, 2.05) is 18.2 Å². The van der Waals surface area contributed by atoms with Gasteiger partial charge in [0.15, 0.2) is 6.61 Å². The summed E-state index contributed by atoms with van der Waals surface area (Å²) in [6.45, 7) is 4.46. The maximum atomic E-state index is 12.4. The molecule has 172 valence electrons. The van der Waals surface area contributed by atoms with Crippen molar-refractivity contribution in [1.29, 1.82) is 0 Å². The highest BCUT2D eigenvalue weighted by molar-refractivity contribution is 7.89. The molecule has 4 N–H and O–H groups in total. The average Bonchev–Trinajstić information content (AvgIpc) is 2.71. The van der Waals surface area contributed by atoms with Gasteiger partial charge < -0.3 is 15.4 Å². The molecule has 0 bridgehead atoms. The highest BCUT2D eigenvalue weighted by atomic mass is 32.2. The molecule has 0 aliphatic heterocycles. The number of ether oxygens (including phenoxy) is 1. The molecule has 10 heteroatoms. The molecule has 2 rings (SSSR count). The van der Waals surface area contributed by atoms with E-state index in [-0.39, 0.29) is 28.8 Å². The van der Waals surface area contributed by atoms with Crippen LogP contribution in [0.15, 0.2) is 53.4 Å². The molecule has 0 saturated heterocycles. The van der Waals surface area contributed by atoms with E-state index in [1.54, 1.807) is 32.9 Å². The summed E-state index contributed by atoms with van der Waals surface area (Å²) in [6.07, 6.45) is 0.109. The number of benzene rings is 2. The van der Waals surface area contributed by atoms with Crippen LogP contribution >= 0.6 is 0 Å². The van der Waals surface area contributed by atoms with Gasteiger partial charge in [0.2, 0.25) is 15.9 Å². The fourth-order valence-electron chi connectivity index (χ4n) is 2.91. The molecule has 0 unspecified atom stereocenters. The number of hydrogen-bond acceptors (Lipinski definition) is 6. The standard InChI is InChI=1S/C22H27N3O6S/c1-14(2)21(25-19(26)11-16-7-5-4-6-8-16)22(28)31-13-20(27)24-17-10-9-15(3)18(12-17)32(23,29)30/h4-10,12,14,21H,11,13H2,1-3H3,(H,24,27)(H,25,26)(H2,23,29,30)/t21-/m0/s1. The van der Waals surface area contributed by atoms with Crippen LogP contribution in [-0.4, -0.2) is 38.9 Å². The van der Waals surface area contributed by atoms with Gasteiger partial charge in [0, 0.05) is 5.69 Å². The first-order valence-electron chi connectivity index (χ1n) is 9.90. The summed E-state index contributed by atoms with van der Waals surface area (Å²) < 4.78 is 28.3. The van der Waals surface area contributed by atoms with E-state index in [0.717, 1.165) is 5.56 Å². The largest absolute Gasteiger partial charge is 0.454 e. The number of amides is 2. The van der Waals surface area contributed by atoms with Crippen LogP contribution < -0.4 is 15.8 Å². The Labute approximate surface area is 187 Å². The average molecular weight is 462 g/mol. The van der Waals surface area contributed by atoms with E-state index in [2.05, 4.69) is 10.6 Å². The van der Waals surface area contributed by atoms with E-state index in [1.165, 1.54) is 18.2 Å². The minimum absolute atomic E-state index is 0.109. The summed E-state index contributed by atoms with van der Waals surface area (Å²) >= 11 is 0. The number of carbonyl (C=O) groups excluding carboxylic acids is 3. The maximum Gasteiger partial charge on any atom is 0.329 e. The van der Waals surface area contributed by atoms with E-state index in [0.29, 0.717) is 5.56 Å². The van der Waals surface area contributed by atoms with Crippen molar-refractivity contribution in [1.82, 2.24) is 5.32 Å². The molecule has 2 aromatic rings. The zero-order chi connectivity index (χ0) is 23.9. The monoisotopic (exact) mass is 461 g/mol.